The summed E-state index contributed by atoms with van der Waals surface area (Å²) in [5, 5.41) is 9.17. The molecule has 3 N–H and O–H groups in total. The van der Waals surface area contributed by atoms with E-state index in [2.05, 4.69) is 11.9 Å². The van der Waals surface area contributed by atoms with Gasteiger partial charge in [0, 0.05) is 6.54 Å². The van der Waals surface area contributed by atoms with E-state index < -0.39 is 5.97 Å². The summed E-state index contributed by atoms with van der Waals surface area (Å²) in [5.74, 6) is -0.697. The molecule has 5 heteroatoms. The maximum absolute atomic E-state index is 11.2. The molecular weight excluding hydrogens is 244 g/mol. The minimum atomic E-state index is -1.01. The third-order valence-corrected chi connectivity index (χ3v) is 3.46. The van der Waals surface area contributed by atoms with Crippen molar-refractivity contribution in [3.63, 3.8) is 0 Å². The minimum absolute atomic E-state index is 0.0350. The molecule has 0 spiro atoms. The number of carboxylic acid groups (broad SMARTS) is 1. The molecule has 1 atom stereocenters. The Bertz CT molecular complexity index is 462. The molecule has 2 rings (SSSR count). The van der Waals surface area contributed by atoms with Gasteiger partial charge in [0.25, 0.3) is 0 Å². The van der Waals surface area contributed by atoms with Gasteiger partial charge in [-0.1, -0.05) is 6.07 Å². The highest BCUT2D eigenvalue weighted by molar-refractivity contribution is 5.93. The van der Waals surface area contributed by atoms with Crippen molar-refractivity contribution in [2.75, 3.05) is 25.9 Å². The summed E-state index contributed by atoms with van der Waals surface area (Å²) < 4.78 is 5.87. The van der Waals surface area contributed by atoms with E-state index in [1.165, 1.54) is 6.07 Å². The summed E-state index contributed by atoms with van der Waals surface area (Å²) in [4.78, 5) is 13.5. The van der Waals surface area contributed by atoms with Gasteiger partial charge in [0.15, 0.2) is 5.75 Å². The predicted octanol–water partition coefficient (Wildman–Crippen LogP) is 1.83. The molecule has 1 fully saturated rings. The number of nitrogens with zero attached hydrogens (tertiary/aromatic N) is 1. The van der Waals surface area contributed by atoms with Gasteiger partial charge >= 0.3 is 5.97 Å². The third kappa shape index (κ3) is 3.38. The van der Waals surface area contributed by atoms with E-state index in [1.54, 1.807) is 12.1 Å². The van der Waals surface area contributed by atoms with Gasteiger partial charge in [-0.05, 0) is 45.0 Å². The fourth-order valence-corrected chi connectivity index (χ4v) is 2.35. The number of benzene rings is 1. The zero-order valence-electron chi connectivity index (χ0n) is 11.1. The number of nitrogens with two attached hydrogens (primary N) is 1. The van der Waals surface area contributed by atoms with E-state index in [9.17, 15) is 9.90 Å². The molecule has 1 aliphatic rings. The zero-order chi connectivity index (χ0) is 13.8. The molecule has 1 unspecified atom stereocenters. The molecular formula is C14H20N2O3. The van der Waals surface area contributed by atoms with Crippen LogP contribution in [0.2, 0.25) is 0 Å². The van der Waals surface area contributed by atoms with Crippen molar-refractivity contribution in [3.05, 3.63) is 23.8 Å². The molecule has 1 aromatic rings. The molecule has 0 amide bonds. The lowest BCUT2D eigenvalue weighted by Crippen LogP contribution is -2.22. The van der Waals surface area contributed by atoms with Crippen LogP contribution in [0.1, 0.15) is 29.6 Å². The number of carboxylic acids is 1. The van der Waals surface area contributed by atoms with Crippen molar-refractivity contribution in [3.8, 4) is 5.75 Å². The highest BCUT2D eigenvalue weighted by Gasteiger charge is 2.20. The quantitative estimate of drug-likeness (QED) is 0.815. The lowest BCUT2D eigenvalue weighted by atomic mass is 10.1. The highest BCUT2D eigenvalue weighted by Crippen LogP contribution is 2.29. The third-order valence-electron chi connectivity index (χ3n) is 3.46. The van der Waals surface area contributed by atoms with Gasteiger partial charge in [0.1, 0.15) is 11.7 Å². The zero-order valence-corrected chi connectivity index (χ0v) is 11.1. The predicted molar refractivity (Wildman–Crippen MR) is 73.6 cm³/mol. The van der Waals surface area contributed by atoms with E-state index in [0.29, 0.717) is 11.4 Å². The van der Waals surface area contributed by atoms with Crippen molar-refractivity contribution in [1.82, 2.24) is 4.90 Å². The van der Waals surface area contributed by atoms with Crippen LogP contribution in [-0.2, 0) is 0 Å². The first-order valence-electron chi connectivity index (χ1n) is 6.55. The second-order valence-corrected chi connectivity index (χ2v) is 5.00. The SMILES string of the molecule is CN1CCCC(Oc2c(N)cccc2C(=O)O)CC1. The lowest BCUT2D eigenvalue weighted by Gasteiger charge is -2.20. The van der Waals surface area contributed by atoms with Gasteiger partial charge in [0.2, 0.25) is 0 Å². The van der Waals surface area contributed by atoms with Crippen LogP contribution in [0, 0.1) is 0 Å². The van der Waals surface area contributed by atoms with E-state index >= 15 is 0 Å². The van der Waals surface area contributed by atoms with E-state index in [4.69, 9.17) is 10.5 Å². The van der Waals surface area contributed by atoms with E-state index in [-0.39, 0.29) is 11.7 Å². The van der Waals surface area contributed by atoms with Gasteiger partial charge in [-0.25, -0.2) is 4.79 Å². The van der Waals surface area contributed by atoms with Crippen LogP contribution in [0.4, 0.5) is 5.69 Å². The fraction of sp³-hybridized carbons (Fsp3) is 0.500. The average molecular weight is 264 g/mol. The van der Waals surface area contributed by atoms with E-state index in [1.807, 2.05) is 0 Å². The second-order valence-electron chi connectivity index (χ2n) is 5.00. The molecule has 1 aromatic carbocycles. The summed E-state index contributed by atoms with van der Waals surface area (Å²) in [5.41, 5.74) is 6.37. The molecule has 19 heavy (non-hydrogen) atoms. The Hall–Kier alpha value is -1.75. The summed E-state index contributed by atoms with van der Waals surface area (Å²) in [7, 11) is 2.09. The number of aromatic carboxylic acids is 1. The molecule has 0 aromatic heterocycles. The molecule has 0 radical (unpaired) electrons. The molecule has 0 aliphatic carbocycles. The maximum Gasteiger partial charge on any atom is 0.339 e. The molecule has 1 saturated heterocycles. The number of nitrogen functional groups attached to an aromatic ring is 1. The largest absolute Gasteiger partial charge is 0.487 e. The first kappa shape index (κ1) is 13.7. The number of anilines is 1. The first-order valence-corrected chi connectivity index (χ1v) is 6.55. The van der Waals surface area contributed by atoms with Gasteiger partial charge in [-0.15, -0.1) is 0 Å². The Kier molecular flexibility index (Phi) is 4.27. The van der Waals surface area contributed by atoms with Crippen LogP contribution >= 0.6 is 0 Å². The number of ether oxygens (including phenoxy) is 1. The minimum Gasteiger partial charge on any atom is -0.487 e. The first-order chi connectivity index (χ1) is 9.08. The molecule has 0 saturated carbocycles. The molecule has 104 valence electrons. The Morgan fingerprint density at radius 3 is 2.95 bits per heavy atom. The Labute approximate surface area is 113 Å². The van der Waals surface area contributed by atoms with Crippen LogP contribution < -0.4 is 10.5 Å². The van der Waals surface area contributed by atoms with Crippen molar-refractivity contribution < 1.29 is 14.6 Å². The van der Waals surface area contributed by atoms with E-state index in [0.717, 1.165) is 32.4 Å². The number of carbonyl (C=O) groups is 1. The maximum atomic E-state index is 11.2. The van der Waals surface area contributed by atoms with Gasteiger partial charge in [-0.2, -0.15) is 0 Å². The van der Waals surface area contributed by atoms with Gasteiger partial charge in [0.05, 0.1) is 5.69 Å². The van der Waals surface area contributed by atoms with Crippen molar-refractivity contribution >= 4 is 11.7 Å². The van der Waals surface area contributed by atoms with Crippen LogP contribution in [0.25, 0.3) is 0 Å². The van der Waals surface area contributed by atoms with Gasteiger partial charge < -0.3 is 20.5 Å². The molecule has 1 aliphatic heterocycles. The van der Waals surface area contributed by atoms with Crippen LogP contribution in [-0.4, -0.2) is 42.2 Å². The number of para-hydroxylation sites is 1. The number of hydrogen-bond acceptors (Lipinski definition) is 4. The second kappa shape index (κ2) is 5.93. The molecule has 1 heterocycles. The van der Waals surface area contributed by atoms with Gasteiger partial charge in [-0.3, -0.25) is 0 Å². The Morgan fingerprint density at radius 2 is 2.21 bits per heavy atom. The Balaban J connectivity index is 2.16. The number of hydrogen-bond donors (Lipinski definition) is 2. The number of likely N-dealkylation sites (tertiary alicyclic amines) is 1. The van der Waals surface area contributed by atoms with Crippen molar-refractivity contribution in [2.45, 2.75) is 25.4 Å². The highest BCUT2D eigenvalue weighted by atomic mass is 16.5. The molecule has 0 bridgehead atoms. The lowest BCUT2D eigenvalue weighted by molar-refractivity contribution is 0.0688. The van der Waals surface area contributed by atoms with Crippen LogP contribution in [0.15, 0.2) is 18.2 Å². The smallest absolute Gasteiger partial charge is 0.339 e. The van der Waals surface area contributed by atoms with Crippen molar-refractivity contribution in [2.24, 2.45) is 0 Å². The topological polar surface area (TPSA) is 75.8 Å². The standard InChI is InChI=1S/C14H20N2O3/c1-16-8-3-4-10(7-9-16)19-13-11(14(17)18)5-2-6-12(13)15/h2,5-6,10H,3-4,7-9,15H2,1H3,(H,17,18). The number of rotatable bonds is 3. The average Bonchev–Trinajstić information content (AvgIpc) is 2.56. The van der Waals surface area contributed by atoms with Crippen LogP contribution in [0.5, 0.6) is 5.75 Å². The van der Waals surface area contributed by atoms with Crippen LogP contribution in [0.3, 0.4) is 0 Å². The summed E-state index contributed by atoms with van der Waals surface area (Å²) >= 11 is 0. The summed E-state index contributed by atoms with van der Waals surface area (Å²) in [6, 6.07) is 4.83. The van der Waals surface area contributed by atoms with Crippen molar-refractivity contribution in [1.29, 1.82) is 0 Å². The summed E-state index contributed by atoms with van der Waals surface area (Å²) in [6.07, 6.45) is 2.91. The normalized spacial score (nSPS) is 20.8. The molecule has 5 nitrogen and oxygen atoms in total. The summed E-state index contributed by atoms with van der Waals surface area (Å²) in [6.45, 7) is 2.01. The fourth-order valence-electron chi connectivity index (χ4n) is 2.35. The Morgan fingerprint density at radius 1 is 1.42 bits per heavy atom. The monoisotopic (exact) mass is 264 g/mol.